The Balaban J connectivity index is 1.96. The Morgan fingerprint density at radius 2 is 2.06 bits per heavy atom. The molecule has 0 spiro atoms. The molecule has 0 atom stereocenters. The van der Waals surface area contributed by atoms with Crippen LogP contribution in [0.15, 0.2) is 36.7 Å². The van der Waals surface area contributed by atoms with Gasteiger partial charge in [0.1, 0.15) is 5.15 Å². The van der Waals surface area contributed by atoms with Crippen molar-refractivity contribution in [1.82, 2.24) is 15.3 Å². The Hall–Kier alpha value is -1.94. The molecule has 1 N–H and O–H groups in total. The SMILES string of the molecule is Cc1ccc(CNC(=O)c2ccc(Cl)nc2)cn1. The molecule has 2 aromatic heterocycles. The molecule has 4 nitrogen and oxygen atoms in total. The molecule has 2 heterocycles. The normalized spacial score (nSPS) is 10.1. The Bertz CT molecular complexity index is 537. The van der Waals surface area contributed by atoms with E-state index in [1.165, 1.54) is 6.20 Å². The van der Waals surface area contributed by atoms with Crippen LogP contribution in [0.25, 0.3) is 0 Å². The zero-order valence-corrected chi connectivity index (χ0v) is 10.6. The van der Waals surface area contributed by atoms with E-state index in [4.69, 9.17) is 11.6 Å². The highest BCUT2D eigenvalue weighted by Gasteiger charge is 2.05. The molecule has 18 heavy (non-hydrogen) atoms. The molecule has 0 fully saturated rings. The number of halogens is 1. The van der Waals surface area contributed by atoms with Crippen LogP contribution in [0.1, 0.15) is 21.6 Å². The topological polar surface area (TPSA) is 54.9 Å². The summed E-state index contributed by atoms with van der Waals surface area (Å²) in [5.41, 5.74) is 2.39. The lowest BCUT2D eigenvalue weighted by atomic mass is 10.2. The van der Waals surface area contributed by atoms with Gasteiger partial charge in [-0.3, -0.25) is 9.78 Å². The van der Waals surface area contributed by atoms with Crippen molar-refractivity contribution in [2.75, 3.05) is 0 Å². The van der Waals surface area contributed by atoms with E-state index in [9.17, 15) is 4.79 Å². The van der Waals surface area contributed by atoms with E-state index in [0.717, 1.165) is 11.3 Å². The number of aryl methyl sites for hydroxylation is 1. The van der Waals surface area contributed by atoms with Crippen LogP contribution in [0, 0.1) is 6.92 Å². The monoisotopic (exact) mass is 261 g/mol. The lowest BCUT2D eigenvalue weighted by Gasteiger charge is -2.05. The van der Waals surface area contributed by atoms with Crippen LogP contribution in [0.2, 0.25) is 5.15 Å². The maximum absolute atomic E-state index is 11.8. The van der Waals surface area contributed by atoms with Gasteiger partial charge >= 0.3 is 0 Å². The molecule has 2 aromatic rings. The summed E-state index contributed by atoms with van der Waals surface area (Å²) in [5.74, 6) is -0.181. The molecule has 2 rings (SSSR count). The quantitative estimate of drug-likeness (QED) is 0.863. The Kier molecular flexibility index (Phi) is 3.89. The second kappa shape index (κ2) is 5.60. The number of rotatable bonds is 3. The average Bonchev–Trinajstić information content (AvgIpc) is 2.38. The molecule has 0 saturated carbocycles. The zero-order valence-electron chi connectivity index (χ0n) is 9.85. The maximum Gasteiger partial charge on any atom is 0.253 e. The fourth-order valence-corrected chi connectivity index (χ4v) is 1.51. The van der Waals surface area contributed by atoms with Gasteiger partial charge in [0.2, 0.25) is 0 Å². The summed E-state index contributed by atoms with van der Waals surface area (Å²) in [6, 6.07) is 7.07. The number of carbonyl (C=O) groups is 1. The summed E-state index contributed by atoms with van der Waals surface area (Å²) >= 11 is 5.65. The van der Waals surface area contributed by atoms with Crippen LogP contribution < -0.4 is 5.32 Å². The van der Waals surface area contributed by atoms with Gasteiger partial charge in [0.25, 0.3) is 5.91 Å². The van der Waals surface area contributed by atoms with Gasteiger partial charge in [0.05, 0.1) is 5.56 Å². The number of aromatic nitrogens is 2. The van der Waals surface area contributed by atoms with Crippen LogP contribution in [0.4, 0.5) is 0 Å². The van der Waals surface area contributed by atoms with Crippen molar-refractivity contribution in [2.24, 2.45) is 0 Å². The van der Waals surface area contributed by atoms with Crippen molar-refractivity contribution in [3.63, 3.8) is 0 Å². The van der Waals surface area contributed by atoms with Crippen LogP contribution >= 0.6 is 11.6 Å². The smallest absolute Gasteiger partial charge is 0.253 e. The van der Waals surface area contributed by atoms with Gasteiger partial charge in [-0.25, -0.2) is 4.98 Å². The lowest BCUT2D eigenvalue weighted by Crippen LogP contribution is -2.22. The van der Waals surface area contributed by atoms with Gasteiger partial charge in [-0.2, -0.15) is 0 Å². The maximum atomic E-state index is 11.8. The van der Waals surface area contributed by atoms with E-state index >= 15 is 0 Å². The van der Waals surface area contributed by atoms with Crippen molar-refractivity contribution >= 4 is 17.5 Å². The van der Waals surface area contributed by atoms with E-state index in [1.807, 2.05) is 19.1 Å². The summed E-state index contributed by atoms with van der Waals surface area (Å²) in [5, 5.41) is 3.16. The van der Waals surface area contributed by atoms with Crippen molar-refractivity contribution in [3.05, 3.63) is 58.6 Å². The summed E-state index contributed by atoms with van der Waals surface area (Å²) in [6.07, 6.45) is 3.20. The number of nitrogens with one attached hydrogen (secondary N) is 1. The van der Waals surface area contributed by atoms with Crippen molar-refractivity contribution in [1.29, 1.82) is 0 Å². The van der Waals surface area contributed by atoms with Crippen molar-refractivity contribution in [3.8, 4) is 0 Å². The molecule has 5 heteroatoms. The molecule has 0 unspecified atom stereocenters. The Morgan fingerprint density at radius 3 is 2.67 bits per heavy atom. The summed E-state index contributed by atoms with van der Waals surface area (Å²) in [6.45, 7) is 2.36. The van der Waals surface area contributed by atoms with E-state index < -0.39 is 0 Å². The first kappa shape index (κ1) is 12.5. The average molecular weight is 262 g/mol. The molecule has 92 valence electrons. The van der Waals surface area contributed by atoms with Crippen LogP contribution in [-0.4, -0.2) is 15.9 Å². The summed E-state index contributed by atoms with van der Waals surface area (Å²) < 4.78 is 0. The number of hydrogen-bond donors (Lipinski definition) is 1. The first-order valence-corrected chi connectivity index (χ1v) is 5.84. The molecule has 0 aliphatic carbocycles. The van der Waals surface area contributed by atoms with Gasteiger partial charge in [0, 0.05) is 24.6 Å². The third-order valence-corrected chi connectivity index (χ3v) is 2.64. The van der Waals surface area contributed by atoms with Gasteiger partial charge in [-0.15, -0.1) is 0 Å². The third-order valence-electron chi connectivity index (χ3n) is 2.42. The second-order valence-electron chi connectivity index (χ2n) is 3.86. The van der Waals surface area contributed by atoms with Crippen LogP contribution in [0.5, 0.6) is 0 Å². The van der Waals surface area contributed by atoms with E-state index in [1.54, 1.807) is 18.3 Å². The molecule has 0 aliphatic heterocycles. The van der Waals surface area contributed by atoms with Crippen LogP contribution in [0.3, 0.4) is 0 Å². The fourth-order valence-electron chi connectivity index (χ4n) is 1.40. The Morgan fingerprint density at radius 1 is 1.22 bits per heavy atom. The van der Waals surface area contributed by atoms with Crippen LogP contribution in [-0.2, 0) is 6.54 Å². The summed E-state index contributed by atoms with van der Waals surface area (Å²) in [4.78, 5) is 19.8. The van der Waals surface area contributed by atoms with Crippen molar-refractivity contribution in [2.45, 2.75) is 13.5 Å². The van der Waals surface area contributed by atoms with E-state index in [0.29, 0.717) is 17.3 Å². The predicted octanol–water partition coefficient (Wildman–Crippen LogP) is 2.37. The van der Waals surface area contributed by atoms with E-state index in [-0.39, 0.29) is 5.91 Å². The lowest BCUT2D eigenvalue weighted by molar-refractivity contribution is 0.0950. The first-order valence-electron chi connectivity index (χ1n) is 5.46. The molecular formula is C13H12ClN3O. The highest BCUT2D eigenvalue weighted by molar-refractivity contribution is 6.29. The minimum Gasteiger partial charge on any atom is -0.348 e. The minimum absolute atomic E-state index is 0.181. The molecular weight excluding hydrogens is 250 g/mol. The number of nitrogens with zero attached hydrogens (tertiary/aromatic N) is 2. The van der Waals surface area contributed by atoms with Gasteiger partial charge in [-0.1, -0.05) is 17.7 Å². The first-order chi connectivity index (χ1) is 8.65. The summed E-state index contributed by atoms with van der Waals surface area (Å²) in [7, 11) is 0. The van der Waals surface area contributed by atoms with E-state index in [2.05, 4.69) is 15.3 Å². The van der Waals surface area contributed by atoms with Gasteiger partial charge in [0.15, 0.2) is 0 Å². The molecule has 0 saturated heterocycles. The number of amides is 1. The molecule has 0 aromatic carbocycles. The number of pyridine rings is 2. The zero-order chi connectivity index (χ0) is 13.0. The highest BCUT2D eigenvalue weighted by atomic mass is 35.5. The number of hydrogen-bond acceptors (Lipinski definition) is 3. The standard InChI is InChI=1S/C13H12ClN3O/c1-9-2-3-10(6-15-9)7-17-13(18)11-4-5-12(14)16-8-11/h2-6,8H,7H2,1H3,(H,17,18). The fraction of sp³-hybridized carbons (Fsp3) is 0.154. The highest BCUT2D eigenvalue weighted by Crippen LogP contribution is 2.05. The minimum atomic E-state index is -0.181. The predicted molar refractivity (Wildman–Crippen MR) is 69.4 cm³/mol. The van der Waals surface area contributed by atoms with Gasteiger partial charge < -0.3 is 5.32 Å². The Labute approximate surface area is 110 Å². The second-order valence-corrected chi connectivity index (χ2v) is 4.25. The molecule has 1 amide bonds. The van der Waals surface area contributed by atoms with Gasteiger partial charge in [-0.05, 0) is 30.7 Å². The largest absolute Gasteiger partial charge is 0.348 e. The van der Waals surface area contributed by atoms with Crippen molar-refractivity contribution < 1.29 is 4.79 Å². The number of carbonyl (C=O) groups excluding carboxylic acids is 1. The molecule has 0 aliphatic rings. The molecule has 0 radical (unpaired) electrons. The molecule has 0 bridgehead atoms. The third kappa shape index (κ3) is 3.28.